The van der Waals surface area contributed by atoms with E-state index < -0.39 is 5.97 Å². The maximum absolute atomic E-state index is 12.1. The van der Waals surface area contributed by atoms with Crippen molar-refractivity contribution in [2.75, 3.05) is 7.05 Å². The molecule has 0 aliphatic heterocycles. The number of aromatic carboxylic acids is 1. The number of aryl methyl sites for hydroxylation is 1. The number of carbonyl (C=O) groups excluding carboxylic acids is 1. The number of carbonyl (C=O) groups is 2. The summed E-state index contributed by atoms with van der Waals surface area (Å²) < 4.78 is 1.03. The van der Waals surface area contributed by atoms with Gasteiger partial charge in [0, 0.05) is 28.2 Å². The van der Waals surface area contributed by atoms with Crippen molar-refractivity contribution in [3.05, 3.63) is 56.2 Å². The Morgan fingerprint density at radius 2 is 1.95 bits per heavy atom. The monoisotopic (exact) mass is 381 g/mol. The van der Waals surface area contributed by atoms with E-state index in [2.05, 4.69) is 15.9 Å². The average Bonchev–Trinajstić information content (AvgIpc) is 2.90. The molecule has 0 unspecified atom stereocenters. The number of nitrogens with zero attached hydrogens (tertiary/aromatic N) is 1. The number of halogens is 1. The Morgan fingerprint density at radius 3 is 2.50 bits per heavy atom. The summed E-state index contributed by atoms with van der Waals surface area (Å²) in [5, 5.41) is 10.8. The molecule has 0 aliphatic carbocycles. The third-order valence-corrected chi connectivity index (χ3v) is 4.95. The van der Waals surface area contributed by atoms with Gasteiger partial charge in [0.1, 0.15) is 0 Å². The van der Waals surface area contributed by atoms with E-state index in [0.717, 1.165) is 14.9 Å². The smallest absolute Gasteiger partial charge is 0.335 e. The number of benzene rings is 1. The van der Waals surface area contributed by atoms with Crippen LogP contribution in [0.25, 0.3) is 0 Å². The van der Waals surface area contributed by atoms with Gasteiger partial charge in [0.15, 0.2) is 0 Å². The highest BCUT2D eigenvalue weighted by Gasteiger charge is 2.11. The van der Waals surface area contributed by atoms with E-state index in [1.807, 2.05) is 11.4 Å². The van der Waals surface area contributed by atoms with Crippen LogP contribution in [0.5, 0.6) is 0 Å². The van der Waals surface area contributed by atoms with Crippen molar-refractivity contribution >= 4 is 39.1 Å². The topological polar surface area (TPSA) is 57.6 Å². The van der Waals surface area contributed by atoms with Crippen LogP contribution in [0.1, 0.15) is 27.2 Å². The van der Waals surface area contributed by atoms with E-state index in [0.29, 0.717) is 19.4 Å². The molecular weight excluding hydrogens is 366 g/mol. The Balaban J connectivity index is 1.85. The summed E-state index contributed by atoms with van der Waals surface area (Å²) in [5.74, 6) is -0.865. The van der Waals surface area contributed by atoms with Gasteiger partial charge in [-0.3, -0.25) is 4.79 Å². The minimum absolute atomic E-state index is 0.0758. The predicted octanol–water partition coefficient (Wildman–Crippen LogP) is 3.80. The number of hydrogen-bond acceptors (Lipinski definition) is 3. The molecule has 0 bridgehead atoms. The second-order valence-corrected chi connectivity index (χ2v) is 6.89. The Morgan fingerprint density at radius 1 is 1.27 bits per heavy atom. The van der Waals surface area contributed by atoms with Crippen LogP contribution in [-0.4, -0.2) is 28.9 Å². The van der Waals surface area contributed by atoms with Crippen LogP contribution in [0.2, 0.25) is 0 Å². The third-order valence-electron chi connectivity index (χ3n) is 3.27. The Kier molecular flexibility index (Phi) is 5.74. The number of amides is 1. The van der Waals surface area contributed by atoms with Crippen molar-refractivity contribution in [3.8, 4) is 0 Å². The maximum atomic E-state index is 12.1. The van der Waals surface area contributed by atoms with Crippen molar-refractivity contribution in [1.82, 2.24) is 4.90 Å². The fraction of sp³-hybridized carbons (Fsp3) is 0.250. The van der Waals surface area contributed by atoms with Gasteiger partial charge in [0.05, 0.1) is 12.1 Å². The molecule has 4 nitrogen and oxygen atoms in total. The minimum atomic E-state index is -0.940. The van der Waals surface area contributed by atoms with Crippen molar-refractivity contribution in [2.24, 2.45) is 0 Å². The number of rotatable bonds is 6. The largest absolute Gasteiger partial charge is 0.478 e. The van der Waals surface area contributed by atoms with Gasteiger partial charge in [0.25, 0.3) is 0 Å². The zero-order valence-electron chi connectivity index (χ0n) is 12.1. The maximum Gasteiger partial charge on any atom is 0.335 e. The van der Waals surface area contributed by atoms with Gasteiger partial charge >= 0.3 is 5.97 Å². The highest BCUT2D eigenvalue weighted by Crippen LogP contribution is 2.21. The molecule has 2 rings (SSSR count). The van der Waals surface area contributed by atoms with Gasteiger partial charge in [-0.15, -0.1) is 11.3 Å². The molecule has 1 N–H and O–H groups in total. The molecule has 1 amide bonds. The van der Waals surface area contributed by atoms with Crippen LogP contribution >= 0.6 is 27.3 Å². The highest BCUT2D eigenvalue weighted by molar-refractivity contribution is 9.10. The first-order valence-electron chi connectivity index (χ1n) is 6.75. The van der Waals surface area contributed by atoms with Crippen molar-refractivity contribution in [2.45, 2.75) is 19.4 Å². The van der Waals surface area contributed by atoms with E-state index in [1.165, 1.54) is 0 Å². The molecule has 22 heavy (non-hydrogen) atoms. The van der Waals surface area contributed by atoms with Crippen LogP contribution in [0.3, 0.4) is 0 Å². The number of carboxylic acids is 1. The summed E-state index contributed by atoms with van der Waals surface area (Å²) in [6.07, 6.45) is 1.02. The molecule has 1 heterocycles. The Hall–Kier alpha value is -1.66. The zero-order valence-corrected chi connectivity index (χ0v) is 14.5. The van der Waals surface area contributed by atoms with Crippen molar-refractivity contribution in [3.63, 3.8) is 0 Å². The summed E-state index contributed by atoms with van der Waals surface area (Å²) in [5.41, 5.74) is 1.22. The third kappa shape index (κ3) is 4.68. The summed E-state index contributed by atoms with van der Waals surface area (Å²) in [6, 6.07) is 8.66. The van der Waals surface area contributed by atoms with Crippen LogP contribution in [0.4, 0.5) is 0 Å². The van der Waals surface area contributed by atoms with E-state index in [-0.39, 0.29) is 11.5 Å². The Bertz CT molecular complexity index is 666. The second-order valence-electron chi connectivity index (χ2n) is 4.98. The molecule has 1 aromatic heterocycles. The van der Waals surface area contributed by atoms with Gasteiger partial charge in [-0.25, -0.2) is 4.79 Å². The molecule has 1 aromatic carbocycles. The lowest BCUT2D eigenvalue weighted by molar-refractivity contribution is -0.130. The fourth-order valence-corrected chi connectivity index (χ4v) is 3.52. The SMILES string of the molecule is CN(Cc1cc(Br)cs1)C(=O)CCc1ccc(C(=O)O)cc1. The second kappa shape index (κ2) is 7.56. The first kappa shape index (κ1) is 16.7. The fourth-order valence-electron chi connectivity index (χ4n) is 2.01. The molecular formula is C16H16BrNO3S. The summed E-state index contributed by atoms with van der Waals surface area (Å²) in [7, 11) is 1.80. The standard InChI is InChI=1S/C16H16BrNO3S/c1-18(9-14-8-13(17)10-22-14)15(19)7-4-11-2-5-12(6-3-11)16(20)21/h2-3,5-6,8,10H,4,7,9H2,1H3,(H,20,21). The van der Waals surface area contributed by atoms with Crippen LogP contribution < -0.4 is 0 Å². The lowest BCUT2D eigenvalue weighted by atomic mass is 10.1. The molecule has 0 saturated carbocycles. The number of carboxylic acid groups (broad SMARTS) is 1. The minimum Gasteiger partial charge on any atom is -0.478 e. The quantitative estimate of drug-likeness (QED) is 0.827. The van der Waals surface area contributed by atoms with E-state index in [4.69, 9.17) is 5.11 Å². The summed E-state index contributed by atoms with van der Waals surface area (Å²) >= 11 is 5.02. The molecule has 0 atom stereocenters. The van der Waals surface area contributed by atoms with Crippen LogP contribution in [-0.2, 0) is 17.8 Å². The molecule has 0 radical (unpaired) electrons. The summed E-state index contributed by atoms with van der Waals surface area (Å²) in [6.45, 7) is 0.604. The van der Waals surface area contributed by atoms with Gasteiger partial charge in [-0.2, -0.15) is 0 Å². The van der Waals surface area contributed by atoms with Crippen molar-refractivity contribution in [1.29, 1.82) is 0 Å². The molecule has 0 aliphatic rings. The van der Waals surface area contributed by atoms with Gasteiger partial charge in [-0.05, 0) is 46.1 Å². The van der Waals surface area contributed by atoms with Gasteiger partial charge < -0.3 is 10.0 Å². The molecule has 0 fully saturated rings. The van der Waals surface area contributed by atoms with Gasteiger partial charge in [0.2, 0.25) is 5.91 Å². The Labute approximate surface area is 141 Å². The van der Waals surface area contributed by atoms with E-state index in [1.54, 1.807) is 47.5 Å². The lowest BCUT2D eigenvalue weighted by Crippen LogP contribution is -2.25. The van der Waals surface area contributed by atoms with Gasteiger partial charge in [-0.1, -0.05) is 12.1 Å². The molecule has 0 spiro atoms. The first-order chi connectivity index (χ1) is 10.5. The zero-order chi connectivity index (χ0) is 16.1. The predicted molar refractivity (Wildman–Crippen MR) is 90.2 cm³/mol. The lowest BCUT2D eigenvalue weighted by Gasteiger charge is -2.16. The normalized spacial score (nSPS) is 10.5. The molecule has 0 saturated heterocycles. The number of thiophene rings is 1. The van der Waals surface area contributed by atoms with Crippen LogP contribution in [0, 0.1) is 0 Å². The van der Waals surface area contributed by atoms with Crippen LogP contribution in [0.15, 0.2) is 40.2 Å². The molecule has 2 aromatic rings. The number of hydrogen-bond donors (Lipinski definition) is 1. The highest BCUT2D eigenvalue weighted by atomic mass is 79.9. The van der Waals surface area contributed by atoms with E-state index >= 15 is 0 Å². The van der Waals surface area contributed by atoms with E-state index in [9.17, 15) is 9.59 Å². The average molecular weight is 382 g/mol. The molecule has 116 valence electrons. The summed E-state index contributed by atoms with van der Waals surface area (Å²) in [4.78, 5) is 25.8. The molecule has 6 heteroatoms. The van der Waals surface area contributed by atoms with Crippen molar-refractivity contribution < 1.29 is 14.7 Å². The first-order valence-corrected chi connectivity index (χ1v) is 8.42.